The van der Waals surface area contributed by atoms with Crippen molar-refractivity contribution < 1.29 is 58.4 Å². The van der Waals surface area contributed by atoms with Crippen LogP contribution in [0.25, 0.3) is 0 Å². The monoisotopic (exact) mass is 643 g/mol. The van der Waals surface area contributed by atoms with E-state index >= 15 is 0 Å². The highest BCUT2D eigenvalue weighted by atomic mass is 16.7. The molecule has 5 unspecified atom stereocenters. The lowest BCUT2D eigenvalue weighted by Crippen LogP contribution is -2.56. The average Bonchev–Trinajstić information content (AvgIpc) is 3.73. The summed E-state index contributed by atoms with van der Waals surface area (Å²) in [6, 6.07) is 4.03. The minimum Gasteiger partial charge on any atom is -0.497 e. The van der Waals surface area contributed by atoms with Crippen LogP contribution in [-0.2, 0) is 35.0 Å². The van der Waals surface area contributed by atoms with Gasteiger partial charge in [-0.25, -0.2) is 4.79 Å². The molecule has 13 nitrogen and oxygen atoms in total. The highest BCUT2D eigenvalue weighted by Crippen LogP contribution is 2.56. The SMILES string of the molecule is COC1=C[C@]23CCCN2CCc2cc4c(cc2[C@@H]3[C@@H]1OC(=O)[C@]1(C/C=C/COC2CC(CO)C(O)C(O)C2O)CC(=O)O1)OCO4. The second kappa shape index (κ2) is 12.1. The topological polar surface area (TPSA) is 174 Å². The van der Waals surface area contributed by atoms with E-state index in [-0.39, 0.29) is 45.2 Å². The third-order valence-electron chi connectivity index (χ3n) is 10.7. The van der Waals surface area contributed by atoms with Crippen molar-refractivity contribution >= 4 is 11.9 Å². The predicted molar refractivity (Wildman–Crippen MR) is 158 cm³/mol. The highest BCUT2D eigenvalue weighted by Gasteiger charge is 2.60. The van der Waals surface area contributed by atoms with Crippen LogP contribution in [-0.4, -0.2) is 119 Å². The van der Waals surface area contributed by atoms with Gasteiger partial charge in [0.25, 0.3) is 0 Å². The number of rotatable bonds is 9. The molecule has 1 aromatic rings. The molecule has 7 rings (SSSR count). The third-order valence-corrected chi connectivity index (χ3v) is 10.7. The molecule has 3 fully saturated rings. The molecule has 0 aromatic heterocycles. The van der Waals surface area contributed by atoms with E-state index in [4.69, 9.17) is 28.4 Å². The van der Waals surface area contributed by atoms with E-state index in [0.29, 0.717) is 17.3 Å². The Morgan fingerprint density at radius 3 is 2.63 bits per heavy atom. The smallest absolute Gasteiger partial charge is 0.352 e. The van der Waals surface area contributed by atoms with Crippen LogP contribution in [0, 0.1) is 5.92 Å². The van der Waals surface area contributed by atoms with Crippen LogP contribution in [0.3, 0.4) is 0 Å². The van der Waals surface area contributed by atoms with E-state index in [0.717, 1.165) is 43.5 Å². The van der Waals surface area contributed by atoms with Gasteiger partial charge >= 0.3 is 11.9 Å². The summed E-state index contributed by atoms with van der Waals surface area (Å²) in [5.41, 5.74) is 0.223. The van der Waals surface area contributed by atoms with E-state index in [1.165, 1.54) is 0 Å². The maximum Gasteiger partial charge on any atom is 0.352 e. The zero-order valence-electron chi connectivity index (χ0n) is 25.7. The first-order valence-corrected chi connectivity index (χ1v) is 16.0. The van der Waals surface area contributed by atoms with Crippen molar-refractivity contribution in [3.63, 3.8) is 0 Å². The normalized spacial score (nSPS) is 37.9. The molecule has 4 aliphatic heterocycles. The standard InChI is InChI=1S/C33H41NO12/c1-41-24-14-32-6-4-8-34(32)9-5-18-11-21-22(44-17-43-21)13-20(18)26(32)30(24)45-31(40)33(15-25(36)46-33)7-2-3-10-42-23-12-19(16-35)27(37)29(39)28(23)38/h2-3,11,13-14,19,23,26-30,35,37-39H,4-10,12,15-17H2,1H3/b3-2+/t19?,23?,26-,27?,28?,29?,30-,32+,33+/m1/s1. The summed E-state index contributed by atoms with van der Waals surface area (Å²) >= 11 is 0. The quantitative estimate of drug-likeness (QED) is 0.216. The molecule has 0 bridgehead atoms. The second-order valence-corrected chi connectivity index (χ2v) is 13.1. The van der Waals surface area contributed by atoms with Gasteiger partial charge in [-0.05, 0) is 61.6 Å². The molecule has 13 heteroatoms. The molecule has 0 amide bonds. The van der Waals surface area contributed by atoms with E-state index in [2.05, 4.69) is 11.0 Å². The van der Waals surface area contributed by atoms with E-state index in [1.54, 1.807) is 19.3 Å². The van der Waals surface area contributed by atoms with Crippen LogP contribution in [0.15, 0.2) is 36.1 Å². The van der Waals surface area contributed by atoms with Crippen molar-refractivity contribution in [3.8, 4) is 11.5 Å². The largest absolute Gasteiger partial charge is 0.497 e. The van der Waals surface area contributed by atoms with Crippen LogP contribution < -0.4 is 9.47 Å². The van der Waals surface area contributed by atoms with E-state index in [1.807, 2.05) is 12.1 Å². The highest BCUT2D eigenvalue weighted by molar-refractivity contribution is 5.94. The van der Waals surface area contributed by atoms with Crippen LogP contribution >= 0.6 is 0 Å². The molecule has 2 saturated heterocycles. The van der Waals surface area contributed by atoms with Crippen LogP contribution in [0.1, 0.15) is 49.1 Å². The first kappa shape index (κ1) is 31.4. The number of nitrogens with zero attached hydrogens (tertiary/aromatic N) is 1. The summed E-state index contributed by atoms with van der Waals surface area (Å²) in [7, 11) is 1.57. The van der Waals surface area contributed by atoms with Gasteiger partial charge in [0, 0.05) is 25.5 Å². The maximum absolute atomic E-state index is 13.9. The van der Waals surface area contributed by atoms with Crippen molar-refractivity contribution in [1.82, 2.24) is 4.90 Å². The fraction of sp³-hybridized carbons (Fsp3) is 0.636. The number of hydrogen-bond donors (Lipinski definition) is 4. The van der Waals surface area contributed by atoms with Crippen LogP contribution in [0.5, 0.6) is 11.5 Å². The molecule has 1 aromatic carbocycles. The second-order valence-electron chi connectivity index (χ2n) is 13.1. The number of aliphatic hydroxyl groups excluding tert-OH is 4. The van der Waals surface area contributed by atoms with Crippen molar-refractivity contribution in [2.24, 2.45) is 5.92 Å². The Morgan fingerprint density at radius 2 is 1.89 bits per heavy atom. The number of carbonyl (C=O) groups is 2. The molecule has 1 spiro atoms. The lowest BCUT2D eigenvalue weighted by atomic mass is 9.77. The zero-order valence-corrected chi connectivity index (χ0v) is 25.7. The number of esters is 2. The van der Waals surface area contributed by atoms with Crippen molar-refractivity contribution in [2.75, 3.05) is 40.2 Å². The van der Waals surface area contributed by atoms with Gasteiger partial charge in [-0.3, -0.25) is 9.69 Å². The van der Waals surface area contributed by atoms with Crippen LogP contribution in [0.2, 0.25) is 0 Å². The molecular weight excluding hydrogens is 602 g/mol. The molecule has 9 atom stereocenters. The predicted octanol–water partition coefficient (Wildman–Crippen LogP) is 0.457. The molecule has 4 heterocycles. The molecule has 46 heavy (non-hydrogen) atoms. The average molecular weight is 644 g/mol. The number of hydrogen-bond acceptors (Lipinski definition) is 13. The van der Waals surface area contributed by atoms with Gasteiger partial charge in [0.2, 0.25) is 12.4 Å². The summed E-state index contributed by atoms with van der Waals surface area (Å²) in [5, 5.41) is 39.9. The Bertz CT molecular complexity index is 1420. The van der Waals surface area contributed by atoms with Gasteiger partial charge in [0.05, 0.1) is 43.8 Å². The summed E-state index contributed by atoms with van der Waals surface area (Å²) in [6.07, 6.45) is 2.59. The van der Waals surface area contributed by atoms with Crippen LogP contribution in [0.4, 0.5) is 0 Å². The molecule has 4 N–H and O–H groups in total. The minimum absolute atomic E-state index is 0.0221. The number of methoxy groups -OCH3 is 1. The lowest BCUT2D eigenvalue weighted by molar-refractivity contribution is -0.210. The van der Waals surface area contributed by atoms with Gasteiger partial charge in [-0.15, -0.1) is 0 Å². The van der Waals surface area contributed by atoms with Crippen molar-refractivity contribution in [2.45, 2.75) is 86.1 Å². The third kappa shape index (κ3) is 5.08. The Hall–Kier alpha value is -3.20. The summed E-state index contributed by atoms with van der Waals surface area (Å²) in [4.78, 5) is 28.5. The first-order valence-electron chi connectivity index (χ1n) is 16.0. The molecule has 6 aliphatic rings. The Kier molecular flexibility index (Phi) is 8.27. The van der Waals surface area contributed by atoms with Gasteiger partial charge in [0.1, 0.15) is 18.0 Å². The van der Waals surface area contributed by atoms with E-state index < -0.39 is 59.5 Å². The minimum atomic E-state index is -1.51. The fourth-order valence-electron chi connectivity index (χ4n) is 8.22. The van der Waals surface area contributed by atoms with Crippen molar-refractivity contribution in [3.05, 3.63) is 47.2 Å². The number of carbonyl (C=O) groups excluding carboxylic acids is 2. The van der Waals surface area contributed by atoms with Gasteiger partial charge in [0.15, 0.2) is 17.6 Å². The Morgan fingerprint density at radius 1 is 1.11 bits per heavy atom. The maximum atomic E-state index is 13.9. The molecule has 0 radical (unpaired) electrons. The molecule has 1 saturated carbocycles. The number of cyclic esters (lactones) is 1. The zero-order chi connectivity index (χ0) is 32.2. The van der Waals surface area contributed by atoms with Gasteiger partial charge in [-0.1, -0.05) is 12.2 Å². The Balaban J connectivity index is 1.08. The first-order chi connectivity index (χ1) is 22.2. The number of benzene rings is 1. The van der Waals surface area contributed by atoms with Gasteiger partial charge < -0.3 is 48.8 Å². The summed E-state index contributed by atoms with van der Waals surface area (Å²) < 4.78 is 34.8. The number of ether oxygens (including phenoxy) is 6. The number of aliphatic hydroxyl groups is 4. The molecule has 250 valence electrons. The summed E-state index contributed by atoms with van der Waals surface area (Å²) in [5.74, 6) is -0.141. The van der Waals surface area contributed by atoms with E-state index in [9.17, 15) is 30.0 Å². The summed E-state index contributed by atoms with van der Waals surface area (Å²) in [6.45, 7) is 1.58. The fourth-order valence-corrected chi connectivity index (χ4v) is 8.22. The molecular formula is C33H41NO12. The number of fused-ring (bicyclic) bond motifs is 3. The lowest BCUT2D eigenvalue weighted by Gasteiger charge is -2.41. The Labute approximate surface area is 266 Å². The van der Waals surface area contributed by atoms with Crippen molar-refractivity contribution in [1.29, 1.82) is 0 Å². The molecule has 2 aliphatic carbocycles. The van der Waals surface area contributed by atoms with Gasteiger partial charge in [-0.2, -0.15) is 0 Å².